The van der Waals surface area contributed by atoms with E-state index in [1.807, 2.05) is 6.92 Å². The predicted molar refractivity (Wildman–Crippen MR) is 162 cm³/mol. The first kappa shape index (κ1) is 33.8. The quantitative estimate of drug-likeness (QED) is 0.438. The number of carbonyl (C=O) groups excluding carboxylic acids is 1. The first-order valence-electron chi connectivity index (χ1n) is 12.9. The van der Waals surface area contributed by atoms with Gasteiger partial charge in [-0.15, -0.1) is 8.80 Å². The van der Waals surface area contributed by atoms with Crippen LogP contribution in [-0.4, -0.2) is 88.8 Å². The predicted octanol–water partition coefficient (Wildman–Crippen LogP) is 2.38. The fourth-order valence-corrected chi connectivity index (χ4v) is 5.86. The minimum Gasteiger partial charge on any atom is -0.496 e. The van der Waals surface area contributed by atoms with E-state index in [0.29, 0.717) is 26.9 Å². The highest BCUT2D eigenvalue weighted by molar-refractivity contribution is 7.88. The number of likely N-dealkylation sites (N-methyl/N-ethyl adjacent to an activating group) is 2. The molecular weight excluding hydrogens is 616 g/mol. The summed E-state index contributed by atoms with van der Waals surface area (Å²) in [6, 6.07) is 10.1. The number of ether oxygens (including phenoxy) is 3. The van der Waals surface area contributed by atoms with Crippen molar-refractivity contribution < 1.29 is 45.7 Å². The molecule has 2 aromatic rings. The van der Waals surface area contributed by atoms with Gasteiger partial charge in [0.2, 0.25) is 0 Å². The number of nitrogens with zero attached hydrogens (tertiary/aromatic N) is 4. The third-order valence-electron chi connectivity index (χ3n) is 6.43. The Bertz CT molecular complexity index is 1830. The normalized spacial score (nSPS) is 16.7. The molecule has 14 nitrogen and oxygen atoms in total. The lowest BCUT2D eigenvalue weighted by Gasteiger charge is -2.23. The van der Waals surface area contributed by atoms with Gasteiger partial charge in [-0.25, -0.2) is 18.2 Å². The topological polar surface area (TPSA) is 182 Å². The van der Waals surface area contributed by atoms with Gasteiger partial charge in [-0.3, -0.25) is 0 Å². The molecule has 0 amide bonds. The number of hydrogen-bond acceptors (Lipinski definition) is 9. The Hall–Kier alpha value is -4.70. The average Bonchev–Trinajstić information content (AvgIpc) is 2.95. The second-order valence-corrected chi connectivity index (χ2v) is 12.5. The molecule has 2 aromatic carbocycles. The van der Waals surface area contributed by atoms with Gasteiger partial charge in [-0.05, 0) is 80.4 Å². The van der Waals surface area contributed by atoms with Gasteiger partial charge in [0.05, 0.1) is 32.2 Å². The number of aliphatic carboxylic acids is 1. The molecule has 4 rings (SSSR count). The van der Waals surface area contributed by atoms with E-state index in [1.54, 1.807) is 57.4 Å². The summed E-state index contributed by atoms with van der Waals surface area (Å²) in [6.07, 6.45) is 2.63. The number of allylic oxidation sites excluding steroid dienone is 2. The van der Waals surface area contributed by atoms with Crippen molar-refractivity contribution in [3.8, 4) is 11.5 Å². The number of carbonyl (C=O) groups is 2. The Labute approximate surface area is 256 Å². The van der Waals surface area contributed by atoms with Crippen molar-refractivity contribution in [1.29, 1.82) is 0 Å². The number of methoxy groups -OCH3 is 2. The fourth-order valence-electron chi connectivity index (χ4n) is 4.05. The van der Waals surface area contributed by atoms with Gasteiger partial charge in [-0.2, -0.15) is 16.8 Å². The third-order valence-corrected chi connectivity index (χ3v) is 9.06. The summed E-state index contributed by atoms with van der Waals surface area (Å²) in [6.45, 7) is 5.44. The molecule has 0 atom stereocenters. The molecule has 0 fully saturated rings. The Morgan fingerprint density at radius 2 is 1.18 bits per heavy atom. The van der Waals surface area contributed by atoms with E-state index >= 15 is 0 Å². The Morgan fingerprint density at radius 3 is 1.55 bits per heavy atom. The summed E-state index contributed by atoms with van der Waals surface area (Å²) in [4.78, 5) is 23.1. The van der Waals surface area contributed by atoms with Crippen LogP contribution in [0.5, 0.6) is 11.5 Å². The van der Waals surface area contributed by atoms with E-state index in [9.17, 15) is 26.4 Å². The maximum atomic E-state index is 12.2. The van der Waals surface area contributed by atoms with Crippen molar-refractivity contribution in [3.05, 3.63) is 82.2 Å². The molecule has 1 N–H and O–H groups in total. The van der Waals surface area contributed by atoms with Crippen molar-refractivity contribution in [3.63, 3.8) is 0 Å². The van der Waals surface area contributed by atoms with Crippen LogP contribution in [0.4, 0.5) is 0 Å². The largest absolute Gasteiger partial charge is 0.496 e. The fraction of sp³-hybridized carbons (Fsp3) is 0.286. The van der Waals surface area contributed by atoms with Gasteiger partial charge in [0.25, 0.3) is 0 Å². The number of carboxylic acid groups (broad SMARTS) is 1. The zero-order valence-electron chi connectivity index (χ0n) is 25.1. The molecule has 2 aliphatic heterocycles. The minimum absolute atomic E-state index is 0.0784. The van der Waals surface area contributed by atoms with Crippen molar-refractivity contribution in [1.82, 2.24) is 8.61 Å². The summed E-state index contributed by atoms with van der Waals surface area (Å²) in [5.74, 6) is -0.716. The van der Waals surface area contributed by atoms with Crippen molar-refractivity contribution in [2.24, 2.45) is 8.80 Å². The van der Waals surface area contributed by atoms with Gasteiger partial charge < -0.3 is 19.3 Å². The number of rotatable bonds is 7. The molecule has 0 spiro atoms. The number of esters is 1. The summed E-state index contributed by atoms with van der Waals surface area (Å²) in [5.41, 5.74) is 2.52. The van der Waals surface area contributed by atoms with Crippen LogP contribution in [0.1, 0.15) is 29.2 Å². The standard InChI is InChI=1S/C15H18N2O5S.C13H14N2O5S/c1-5-22-15(18)13-9-12(16-23(19,20)17(13)3)11-6-7-14(21-4)10(2)8-11;1-8-6-9(4-5-12(8)20-3)10-7-11(13(16)17)15(2)21(18,19)14-10/h6-9H,5H2,1-4H3;4-7H,1-3H3,(H,16,17). The molecule has 0 bridgehead atoms. The number of carboxylic acids is 1. The first-order valence-corrected chi connectivity index (χ1v) is 15.7. The van der Waals surface area contributed by atoms with Crippen molar-refractivity contribution in [2.45, 2.75) is 20.8 Å². The van der Waals surface area contributed by atoms with E-state index in [-0.39, 0.29) is 29.4 Å². The molecular formula is C28H32N4O10S2. The lowest BCUT2D eigenvalue weighted by molar-refractivity contribution is -0.139. The highest BCUT2D eigenvalue weighted by Crippen LogP contribution is 2.25. The molecule has 0 aliphatic carbocycles. The van der Waals surface area contributed by atoms with Crippen LogP contribution in [0.15, 0.2) is 68.7 Å². The van der Waals surface area contributed by atoms with E-state index in [1.165, 1.54) is 26.3 Å². The third kappa shape index (κ3) is 7.26. The Kier molecular flexibility index (Phi) is 10.2. The van der Waals surface area contributed by atoms with Crippen molar-refractivity contribution >= 4 is 43.8 Å². The van der Waals surface area contributed by atoms with E-state index < -0.39 is 32.4 Å². The maximum absolute atomic E-state index is 12.2. The van der Waals surface area contributed by atoms with E-state index in [2.05, 4.69) is 8.80 Å². The summed E-state index contributed by atoms with van der Waals surface area (Å²) < 4.78 is 72.1. The van der Waals surface area contributed by atoms with Gasteiger partial charge in [0.15, 0.2) is 0 Å². The van der Waals surface area contributed by atoms with Gasteiger partial charge in [-0.1, -0.05) is 0 Å². The lowest BCUT2D eigenvalue weighted by Crippen LogP contribution is -2.34. The lowest BCUT2D eigenvalue weighted by atomic mass is 10.1. The molecule has 44 heavy (non-hydrogen) atoms. The van der Waals surface area contributed by atoms with Crippen LogP contribution < -0.4 is 9.47 Å². The molecule has 16 heteroatoms. The van der Waals surface area contributed by atoms with Gasteiger partial charge in [0, 0.05) is 25.2 Å². The second kappa shape index (κ2) is 13.3. The number of benzene rings is 2. The molecule has 236 valence electrons. The van der Waals surface area contributed by atoms with E-state index in [0.717, 1.165) is 22.5 Å². The van der Waals surface area contributed by atoms with Crippen LogP contribution in [0.2, 0.25) is 0 Å². The minimum atomic E-state index is -4.04. The number of aryl methyl sites for hydroxylation is 2. The monoisotopic (exact) mass is 648 g/mol. The SMILES string of the molecule is CCOC(=O)C1=CC(c2ccc(OC)c(C)c2)=NS(=O)(=O)N1C.COc1ccc(C2=NS(=O)(=O)N(C)C(C(=O)O)=C2)cc1C. The first-order chi connectivity index (χ1) is 20.6. The molecule has 0 saturated heterocycles. The smallest absolute Gasteiger partial charge is 0.355 e. The highest BCUT2D eigenvalue weighted by atomic mass is 32.2. The average molecular weight is 649 g/mol. The molecule has 0 aromatic heterocycles. The summed E-state index contributed by atoms with van der Waals surface area (Å²) in [7, 11) is -2.53. The molecule has 0 saturated carbocycles. The zero-order valence-corrected chi connectivity index (χ0v) is 26.7. The highest BCUT2D eigenvalue weighted by Gasteiger charge is 2.31. The second-order valence-electron chi connectivity index (χ2n) is 9.30. The summed E-state index contributed by atoms with van der Waals surface area (Å²) >= 11 is 0. The maximum Gasteiger partial charge on any atom is 0.355 e. The van der Waals surface area contributed by atoms with Gasteiger partial charge in [0.1, 0.15) is 22.9 Å². The van der Waals surface area contributed by atoms with Crippen molar-refractivity contribution in [2.75, 3.05) is 34.9 Å². The van der Waals surface area contributed by atoms with E-state index in [4.69, 9.17) is 19.3 Å². The van der Waals surface area contributed by atoms with Crippen LogP contribution in [-0.2, 0) is 34.7 Å². The molecule has 0 radical (unpaired) electrons. The van der Waals surface area contributed by atoms with Crippen LogP contribution in [0.25, 0.3) is 0 Å². The Balaban J connectivity index is 0.000000241. The van der Waals surface area contributed by atoms with Crippen LogP contribution in [0.3, 0.4) is 0 Å². The zero-order chi connectivity index (χ0) is 33.0. The van der Waals surface area contributed by atoms with Gasteiger partial charge >= 0.3 is 32.4 Å². The Morgan fingerprint density at radius 1 is 0.773 bits per heavy atom. The van der Waals surface area contributed by atoms with Crippen LogP contribution >= 0.6 is 0 Å². The molecule has 2 aliphatic rings. The van der Waals surface area contributed by atoms with Crippen LogP contribution in [0, 0.1) is 13.8 Å². The molecule has 0 unspecified atom stereocenters. The summed E-state index contributed by atoms with van der Waals surface area (Å²) in [5, 5.41) is 9.09. The number of hydrogen-bond donors (Lipinski definition) is 1. The molecule has 2 heterocycles.